The minimum absolute atomic E-state index is 0.105. The van der Waals surface area contributed by atoms with Crippen molar-refractivity contribution < 1.29 is 19.0 Å². The molecule has 3 N–H and O–H groups in total. The average Bonchev–Trinajstić information content (AvgIpc) is 2.55. The van der Waals surface area contributed by atoms with Crippen molar-refractivity contribution in [1.29, 1.82) is 0 Å². The van der Waals surface area contributed by atoms with Gasteiger partial charge in [0, 0.05) is 11.8 Å². The van der Waals surface area contributed by atoms with Crippen LogP contribution in [0.1, 0.15) is 5.56 Å². The van der Waals surface area contributed by atoms with Crippen molar-refractivity contribution >= 4 is 11.7 Å². The number of urea groups is 1. The second-order valence-corrected chi connectivity index (χ2v) is 5.02. The van der Waals surface area contributed by atoms with Gasteiger partial charge in [0.15, 0.2) is 11.6 Å². The van der Waals surface area contributed by atoms with Gasteiger partial charge in [-0.05, 0) is 24.1 Å². The minimum Gasteiger partial charge on any atom is -0.494 e. The molecule has 122 valence electrons. The number of carbonyl (C=O) groups is 1. The summed E-state index contributed by atoms with van der Waals surface area (Å²) in [7, 11) is 1.37. The molecule has 1 unspecified atom stereocenters. The smallest absolute Gasteiger partial charge is 0.319 e. The maximum absolute atomic E-state index is 13.6. The lowest BCUT2D eigenvalue weighted by Crippen LogP contribution is -2.41. The molecule has 1 atom stereocenters. The number of aliphatic hydroxyl groups excluding tert-OH is 1. The highest BCUT2D eigenvalue weighted by molar-refractivity contribution is 5.89. The van der Waals surface area contributed by atoms with Crippen LogP contribution in [0.5, 0.6) is 5.75 Å². The first-order chi connectivity index (χ1) is 11.1. The summed E-state index contributed by atoms with van der Waals surface area (Å²) in [6.45, 7) is -0.195. The first-order valence-corrected chi connectivity index (χ1v) is 7.18. The van der Waals surface area contributed by atoms with Gasteiger partial charge in [0.2, 0.25) is 0 Å². The zero-order chi connectivity index (χ0) is 16.7. The van der Waals surface area contributed by atoms with Gasteiger partial charge in [-0.1, -0.05) is 30.3 Å². The third kappa shape index (κ3) is 4.96. The first kappa shape index (κ1) is 16.8. The molecule has 0 saturated carbocycles. The van der Waals surface area contributed by atoms with Gasteiger partial charge in [-0.15, -0.1) is 0 Å². The summed E-state index contributed by atoms with van der Waals surface area (Å²) in [5.74, 6) is -0.457. The van der Waals surface area contributed by atoms with Gasteiger partial charge in [-0.25, -0.2) is 9.18 Å². The van der Waals surface area contributed by atoms with E-state index in [1.807, 2.05) is 30.3 Å². The lowest BCUT2D eigenvalue weighted by molar-refractivity contribution is 0.224. The highest BCUT2D eigenvalue weighted by atomic mass is 19.1. The molecule has 6 heteroatoms. The van der Waals surface area contributed by atoms with Crippen LogP contribution in [0, 0.1) is 5.82 Å². The van der Waals surface area contributed by atoms with Gasteiger partial charge >= 0.3 is 6.03 Å². The highest BCUT2D eigenvalue weighted by Crippen LogP contribution is 2.20. The third-order valence-corrected chi connectivity index (χ3v) is 3.29. The van der Waals surface area contributed by atoms with E-state index >= 15 is 0 Å². The monoisotopic (exact) mass is 318 g/mol. The number of carbonyl (C=O) groups excluding carboxylic acids is 1. The molecule has 0 aliphatic rings. The molecule has 2 amide bonds. The SMILES string of the molecule is COc1ccc(NC(=O)NC(CO)Cc2ccccc2)cc1F. The molecule has 0 fully saturated rings. The van der Waals surface area contributed by atoms with E-state index in [0.717, 1.165) is 5.56 Å². The van der Waals surface area contributed by atoms with Crippen LogP contribution in [0.25, 0.3) is 0 Å². The van der Waals surface area contributed by atoms with Crippen molar-refractivity contribution in [3.05, 3.63) is 59.9 Å². The Balaban J connectivity index is 1.93. The van der Waals surface area contributed by atoms with Gasteiger partial charge in [-0.2, -0.15) is 0 Å². The fraction of sp³-hybridized carbons (Fsp3) is 0.235. The molecule has 0 aliphatic heterocycles. The topological polar surface area (TPSA) is 70.6 Å². The van der Waals surface area contributed by atoms with Gasteiger partial charge in [0.1, 0.15) is 0 Å². The van der Waals surface area contributed by atoms with Gasteiger partial charge in [0.25, 0.3) is 0 Å². The van der Waals surface area contributed by atoms with E-state index in [9.17, 15) is 14.3 Å². The Labute approximate surface area is 134 Å². The number of halogens is 1. The number of hydrogen-bond donors (Lipinski definition) is 3. The maximum Gasteiger partial charge on any atom is 0.319 e. The Bertz CT molecular complexity index is 650. The summed E-state index contributed by atoms with van der Waals surface area (Å²) < 4.78 is 18.4. The van der Waals surface area contributed by atoms with Crippen molar-refractivity contribution in [3.63, 3.8) is 0 Å². The molecule has 5 nitrogen and oxygen atoms in total. The fourth-order valence-electron chi connectivity index (χ4n) is 2.16. The summed E-state index contributed by atoms with van der Waals surface area (Å²) in [6, 6.07) is 12.7. The number of benzene rings is 2. The summed E-state index contributed by atoms with van der Waals surface area (Å²) in [5, 5.41) is 14.6. The van der Waals surface area contributed by atoms with E-state index < -0.39 is 17.9 Å². The molecule has 2 rings (SSSR count). The quantitative estimate of drug-likeness (QED) is 0.766. The highest BCUT2D eigenvalue weighted by Gasteiger charge is 2.13. The Kier molecular flexibility index (Phi) is 5.94. The molecule has 0 radical (unpaired) electrons. The van der Waals surface area contributed by atoms with Crippen LogP contribution in [-0.2, 0) is 6.42 Å². The molecule has 0 spiro atoms. The third-order valence-electron chi connectivity index (χ3n) is 3.29. The van der Waals surface area contributed by atoms with E-state index in [2.05, 4.69) is 10.6 Å². The van der Waals surface area contributed by atoms with E-state index in [4.69, 9.17) is 4.74 Å². The molecular weight excluding hydrogens is 299 g/mol. The summed E-state index contributed by atoms with van der Waals surface area (Å²) in [6.07, 6.45) is 0.502. The number of rotatable bonds is 6. The van der Waals surface area contributed by atoms with Gasteiger partial charge in [-0.3, -0.25) is 0 Å². The average molecular weight is 318 g/mol. The molecule has 0 saturated heterocycles. The van der Waals surface area contributed by atoms with Crippen LogP contribution in [0.15, 0.2) is 48.5 Å². The fourth-order valence-corrected chi connectivity index (χ4v) is 2.16. The van der Waals surface area contributed by atoms with Crippen molar-refractivity contribution in [2.24, 2.45) is 0 Å². The van der Waals surface area contributed by atoms with Gasteiger partial charge in [0.05, 0.1) is 19.8 Å². The Hall–Kier alpha value is -2.60. The summed E-state index contributed by atoms with van der Waals surface area (Å²) in [4.78, 5) is 12.0. The maximum atomic E-state index is 13.6. The van der Waals surface area contributed by atoms with Crippen molar-refractivity contribution in [1.82, 2.24) is 5.32 Å². The normalized spacial score (nSPS) is 11.6. The van der Waals surface area contributed by atoms with Crippen LogP contribution in [0.3, 0.4) is 0 Å². The molecular formula is C17H19FN2O3. The van der Waals surface area contributed by atoms with Gasteiger partial charge < -0.3 is 20.5 Å². The summed E-state index contributed by atoms with van der Waals surface area (Å²) in [5.41, 5.74) is 1.31. The van der Waals surface area contributed by atoms with E-state index in [1.165, 1.54) is 25.3 Å². The lowest BCUT2D eigenvalue weighted by atomic mass is 10.1. The molecule has 23 heavy (non-hydrogen) atoms. The number of nitrogens with one attached hydrogen (secondary N) is 2. The number of ether oxygens (including phenoxy) is 1. The molecule has 0 aromatic heterocycles. The van der Waals surface area contributed by atoms with Crippen molar-refractivity contribution in [2.45, 2.75) is 12.5 Å². The zero-order valence-electron chi connectivity index (χ0n) is 12.8. The van der Waals surface area contributed by atoms with Crippen molar-refractivity contribution in [3.8, 4) is 5.75 Å². The molecule has 0 heterocycles. The Morgan fingerprint density at radius 2 is 2.00 bits per heavy atom. The van der Waals surface area contributed by atoms with Crippen molar-refractivity contribution in [2.75, 3.05) is 19.0 Å². The largest absolute Gasteiger partial charge is 0.494 e. The number of hydrogen-bond acceptors (Lipinski definition) is 3. The summed E-state index contributed by atoms with van der Waals surface area (Å²) >= 11 is 0. The zero-order valence-corrected chi connectivity index (χ0v) is 12.8. The first-order valence-electron chi connectivity index (χ1n) is 7.18. The molecule has 2 aromatic rings. The number of amides is 2. The van der Waals surface area contributed by atoms with Crippen LogP contribution >= 0.6 is 0 Å². The number of anilines is 1. The molecule has 2 aromatic carbocycles. The van der Waals surface area contributed by atoms with Crippen LogP contribution in [0.4, 0.5) is 14.9 Å². The molecule has 0 aliphatic carbocycles. The standard InChI is InChI=1S/C17H19FN2O3/c1-23-16-8-7-13(10-15(16)18)19-17(22)20-14(11-21)9-12-5-3-2-4-6-12/h2-8,10,14,21H,9,11H2,1H3,(H2,19,20,22). The Morgan fingerprint density at radius 1 is 1.26 bits per heavy atom. The van der Waals surface area contributed by atoms with E-state index in [-0.39, 0.29) is 12.4 Å². The second-order valence-electron chi connectivity index (χ2n) is 5.02. The van der Waals surface area contributed by atoms with Crippen LogP contribution in [-0.4, -0.2) is 30.9 Å². The number of aliphatic hydroxyl groups is 1. The van der Waals surface area contributed by atoms with E-state index in [0.29, 0.717) is 12.1 Å². The molecule has 0 bridgehead atoms. The van der Waals surface area contributed by atoms with Crippen LogP contribution in [0.2, 0.25) is 0 Å². The van der Waals surface area contributed by atoms with E-state index in [1.54, 1.807) is 0 Å². The second kappa shape index (κ2) is 8.14. The predicted molar refractivity (Wildman–Crippen MR) is 86.1 cm³/mol. The number of methoxy groups -OCH3 is 1. The van der Waals surface area contributed by atoms with Crippen LogP contribution < -0.4 is 15.4 Å². The minimum atomic E-state index is -0.562. The lowest BCUT2D eigenvalue weighted by Gasteiger charge is -2.17. The predicted octanol–water partition coefficient (Wildman–Crippen LogP) is 2.56. The Morgan fingerprint density at radius 3 is 2.61 bits per heavy atom.